The lowest BCUT2D eigenvalue weighted by Crippen LogP contribution is -2.49. The predicted octanol–water partition coefficient (Wildman–Crippen LogP) is 5.69. The third kappa shape index (κ3) is 4.71. The maximum Gasteiger partial charge on any atom is 0.243 e. The van der Waals surface area contributed by atoms with Crippen molar-refractivity contribution < 1.29 is 13.2 Å². The molecule has 1 aliphatic heterocycles. The average Bonchev–Trinajstić information content (AvgIpc) is 2.89. The number of pyridine rings is 1. The summed E-state index contributed by atoms with van der Waals surface area (Å²) in [4.78, 5) is 16.7. The first-order valence-corrected chi connectivity index (χ1v) is 13.7. The molecule has 0 radical (unpaired) electrons. The van der Waals surface area contributed by atoms with Gasteiger partial charge in [0.15, 0.2) is 5.78 Å². The van der Waals surface area contributed by atoms with Crippen LogP contribution in [-0.2, 0) is 21.2 Å². The van der Waals surface area contributed by atoms with Gasteiger partial charge in [-0.15, -0.1) is 0 Å². The standard InChI is InChI=1S/C30H30N2O3S/c1-22(2)24-7-9-29(10-8-24)36(34,35)32-18-14-27-19-28(33)11-15-30(27,21-32)20-23-3-5-25(6-4-23)26-12-16-31-17-13-26/h3-10,12-13,16-17,19H,1,11,14-15,18,20-21H2,2H3. The maximum atomic E-state index is 13.6. The molecule has 5 rings (SSSR count). The van der Waals surface area contributed by atoms with Crippen LogP contribution in [0.25, 0.3) is 16.7 Å². The Morgan fingerprint density at radius 2 is 1.64 bits per heavy atom. The fraction of sp³-hybridized carbons (Fsp3) is 0.267. The van der Waals surface area contributed by atoms with Crippen molar-refractivity contribution >= 4 is 21.4 Å². The van der Waals surface area contributed by atoms with Gasteiger partial charge in [-0.05, 0) is 78.8 Å². The minimum Gasteiger partial charge on any atom is -0.295 e. The summed E-state index contributed by atoms with van der Waals surface area (Å²) in [5, 5.41) is 0. The number of benzene rings is 2. The Morgan fingerprint density at radius 1 is 0.972 bits per heavy atom. The maximum absolute atomic E-state index is 13.6. The number of carbonyl (C=O) groups excluding carboxylic acids is 1. The quantitative estimate of drug-likeness (QED) is 0.438. The lowest BCUT2D eigenvalue weighted by Gasteiger charge is -2.46. The van der Waals surface area contributed by atoms with Gasteiger partial charge in [-0.1, -0.05) is 54.1 Å². The third-order valence-corrected chi connectivity index (χ3v) is 9.33. The van der Waals surface area contributed by atoms with Crippen molar-refractivity contribution in [3.63, 3.8) is 0 Å². The van der Waals surface area contributed by atoms with E-state index in [1.165, 1.54) is 0 Å². The van der Waals surface area contributed by atoms with E-state index in [-0.39, 0.29) is 11.2 Å². The number of rotatable bonds is 6. The number of carbonyl (C=O) groups is 1. The molecule has 1 saturated heterocycles. The lowest BCUT2D eigenvalue weighted by molar-refractivity contribution is -0.116. The van der Waals surface area contributed by atoms with E-state index in [1.54, 1.807) is 34.9 Å². The monoisotopic (exact) mass is 498 g/mol. The van der Waals surface area contributed by atoms with Crippen LogP contribution in [0, 0.1) is 5.41 Å². The minimum atomic E-state index is -3.66. The molecule has 5 nitrogen and oxygen atoms in total. The second-order valence-corrected chi connectivity index (χ2v) is 11.9. The van der Waals surface area contributed by atoms with E-state index in [1.807, 2.05) is 31.2 Å². The molecule has 6 heteroatoms. The molecule has 36 heavy (non-hydrogen) atoms. The summed E-state index contributed by atoms with van der Waals surface area (Å²) in [6.07, 6.45) is 7.71. The molecule has 2 heterocycles. The molecule has 1 fully saturated rings. The van der Waals surface area contributed by atoms with Gasteiger partial charge in [-0.25, -0.2) is 8.42 Å². The van der Waals surface area contributed by atoms with E-state index >= 15 is 0 Å². The van der Waals surface area contributed by atoms with Crippen LogP contribution in [0.2, 0.25) is 0 Å². The van der Waals surface area contributed by atoms with E-state index in [0.29, 0.717) is 43.7 Å². The molecule has 1 atom stereocenters. The number of fused-ring (bicyclic) bond motifs is 1. The minimum absolute atomic E-state index is 0.139. The van der Waals surface area contributed by atoms with Gasteiger partial charge in [0.2, 0.25) is 10.0 Å². The van der Waals surface area contributed by atoms with Crippen molar-refractivity contribution in [2.45, 2.75) is 37.5 Å². The highest BCUT2D eigenvalue weighted by molar-refractivity contribution is 7.89. The normalized spacial score (nSPS) is 20.5. The SMILES string of the molecule is C=C(C)c1ccc(S(=O)(=O)N2CCC3=CC(=O)CCC3(Cc3ccc(-c4ccncc4)cc3)C2)cc1. The van der Waals surface area contributed by atoms with Gasteiger partial charge in [0.05, 0.1) is 4.90 Å². The molecule has 0 amide bonds. The van der Waals surface area contributed by atoms with Crippen LogP contribution in [-0.4, -0.2) is 36.6 Å². The van der Waals surface area contributed by atoms with Gasteiger partial charge in [0.1, 0.15) is 0 Å². The summed E-state index contributed by atoms with van der Waals surface area (Å²) < 4.78 is 28.8. The lowest BCUT2D eigenvalue weighted by atomic mass is 9.66. The van der Waals surface area contributed by atoms with Gasteiger partial charge in [-0.3, -0.25) is 9.78 Å². The number of hydrogen-bond donors (Lipinski definition) is 0. The molecular formula is C30H30N2O3S. The summed E-state index contributed by atoms with van der Waals surface area (Å²) >= 11 is 0. The van der Waals surface area contributed by atoms with Gasteiger partial charge >= 0.3 is 0 Å². The number of hydrogen-bond acceptors (Lipinski definition) is 4. The average molecular weight is 499 g/mol. The van der Waals surface area contributed by atoms with Crippen LogP contribution < -0.4 is 0 Å². The molecule has 2 aliphatic rings. The molecule has 184 valence electrons. The smallest absolute Gasteiger partial charge is 0.243 e. The molecule has 0 N–H and O–H groups in total. The highest BCUT2D eigenvalue weighted by Gasteiger charge is 2.45. The van der Waals surface area contributed by atoms with E-state index in [0.717, 1.165) is 33.4 Å². The van der Waals surface area contributed by atoms with Crippen LogP contribution in [0.15, 0.2) is 96.2 Å². The van der Waals surface area contributed by atoms with Gasteiger partial charge in [0, 0.05) is 37.3 Å². The fourth-order valence-corrected chi connectivity index (χ4v) is 6.92. The molecule has 1 unspecified atom stereocenters. The van der Waals surface area contributed by atoms with E-state index < -0.39 is 10.0 Å². The first-order chi connectivity index (χ1) is 17.3. The number of ketones is 1. The zero-order valence-electron chi connectivity index (χ0n) is 20.5. The Bertz CT molecular complexity index is 1430. The fourth-order valence-electron chi connectivity index (χ4n) is 5.40. The Labute approximate surface area is 213 Å². The second kappa shape index (κ2) is 9.60. The summed E-state index contributed by atoms with van der Waals surface area (Å²) in [7, 11) is -3.66. The largest absolute Gasteiger partial charge is 0.295 e. The van der Waals surface area contributed by atoms with Crippen LogP contribution >= 0.6 is 0 Å². The first kappa shape index (κ1) is 24.3. The Balaban J connectivity index is 1.43. The highest BCUT2D eigenvalue weighted by atomic mass is 32.2. The molecule has 0 bridgehead atoms. The molecule has 3 aromatic rings. The van der Waals surface area contributed by atoms with E-state index in [2.05, 4.69) is 35.8 Å². The van der Waals surface area contributed by atoms with Crippen molar-refractivity contribution in [2.75, 3.05) is 13.1 Å². The van der Waals surface area contributed by atoms with Crippen molar-refractivity contribution in [2.24, 2.45) is 5.41 Å². The Hall–Kier alpha value is -3.35. The number of nitrogens with zero attached hydrogens (tertiary/aromatic N) is 2. The van der Waals surface area contributed by atoms with Gasteiger partial charge < -0.3 is 0 Å². The number of piperidine rings is 1. The molecule has 1 aliphatic carbocycles. The van der Waals surface area contributed by atoms with Crippen molar-refractivity contribution in [1.82, 2.24) is 9.29 Å². The predicted molar refractivity (Wildman–Crippen MR) is 143 cm³/mol. The number of sulfonamides is 1. The van der Waals surface area contributed by atoms with Crippen molar-refractivity contribution in [3.8, 4) is 11.1 Å². The van der Waals surface area contributed by atoms with E-state index in [9.17, 15) is 13.2 Å². The van der Waals surface area contributed by atoms with Crippen molar-refractivity contribution in [3.05, 3.63) is 102 Å². The molecule has 0 spiro atoms. The zero-order chi connectivity index (χ0) is 25.3. The number of aromatic nitrogens is 1. The second-order valence-electron chi connectivity index (χ2n) is 9.92. The molecule has 0 saturated carbocycles. The topological polar surface area (TPSA) is 67.3 Å². The van der Waals surface area contributed by atoms with Crippen LogP contribution in [0.5, 0.6) is 0 Å². The Morgan fingerprint density at radius 3 is 2.31 bits per heavy atom. The Kier molecular flexibility index (Phi) is 6.49. The zero-order valence-corrected chi connectivity index (χ0v) is 21.3. The van der Waals surface area contributed by atoms with Gasteiger partial charge in [0.25, 0.3) is 0 Å². The van der Waals surface area contributed by atoms with Gasteiger partial charge in [-0.2, -0.15) is 4.31 Å². The van der Waals surface area contributed by atoms with E-state index in [4.69, 9.17) is 0 Å². The third-order valence-electron chi connectivity index (χ3n) is 7.47. The molecule has 1 aromatic heterocycles. The summed E-state index contributed by atoms with van der Waals surface area (Å²) in [5.74, 6) is 0.139. The van der Waals surface area contributed by atoms with Crippen LogP contribution in [0.4, 0.5) is 0 Å². The first-order valence-electron chi connectivity index (χ1n) is 12.3. The molecule has 2 aromatic carbocycles. The van der Waals surface area contributed by atoms with Crippen molar-refractivity contribution in [1.29, 1.82) is 0 Å². The molecular weight excluding hydrogens is 468 g/mol. The summed E-state index contributed by atoms with van der Waals surface area (Å²) in [6, 6.07) is 19.3. The number of allylic oxidation sites excluding steroid dienone is 2. The summed E-state index contributed by atoms with van der Waals surface area (Å²) in [6.45, 7) is 6.60. The van der Waals surface area contributed by atoms with Crippen LogP contribution in [0.3, 0.4) is 0 Å². The van der Waals surface area contributed by atoms with Crippen LogP contribution in [0.1, 0.15) is 37.3 Å². The summed E-state index contributed by atoms with van der Waals surface area (Å²) in [5.41, 5.74) is 5.88. The highest BCUT2D eigenvalue weighted by Crippen LogP contribution is 2.46.